The van der Waals surface area contributed by atoms with E-state index in [0.717, 1.165) is 30.3 Å². The minimum absolute atomic E-state index is 0.0125. The molecule has 2 aliphatic rings. The van der Waals surface area contributed by atoms with E-state index in [9.17, 15) is 49.1 Å². The lowest BCUT2D eigenvalue weighted by molar-refractivity contribution is -0.155. The van der Waals surface area contributed by atoms with Crippen LogP contribution in [0.15, 0.2) is 41.4 Å². The molecule has 0 spiro atoms. The molecule has 4 rings (SSSR count). The molecule has 2 atom stereocenters. The highest BCUT2D eigenvalue weighted by Gasteiger charge is 2.42. The number of hydrogen-bond acceptors (Lipinski definition) is 7. The number of guanidine groups is 1. The van der Waals surface area contributed by atoms with Gasteiger partial charge >= 0.3 is 30.6 Å². The first-order valence-electron chi connectivity index (χ1n) is 15.3. The van der Waals surface area contributed by atoms with Crippen LogP contribution in [0.4, 0.5) is 50.0 Å². The largest absolute Gasteiger partial charge is 0.469 e. The number of rotatable bonds is 8. The van der Waals surface area contributed by atoms with E-state index in [-0.39, 0.29) is 42.8 Å². The number of anilines is 1. The highest BCUT2D eigenvalue weighted by molar-refractivity contribution is 5.91. The number of fused-ring (bicyclic) bond motifs is 1. The van der Waals surface area contributed by atoms with Crippen LogP contribution in [0.1, 0.15) is 74.4 Å². The maximum absolute atomic E-state index is 13.9. The van der Waals surface area contributed by atoms with E-state index >= 15 is 0 Å². The van der Waals surface area contributed by atoms with Crippen LogP contribution >= 0.6 is 0 Å². The third-order valence-corrected chi connectivity index (χ3v) is 8.14. The van der Waals surface area contributed by atoms with Crippen LogP contribution in [0.5, 0.6) is 0 Å². The smallest absolute Gasteiger partial charge is 0.416 e. The number of nitrogens with zero attached hydrogens (tertiary/aromatic N) is 4. The lowest BCUT2D eigenvalue weighted by Gasteiger charge is -2.39. The fourth-order valence-corrected chi connectivity index (χ4v) is 5.70. The number of benzene rings is 2. The maximum Gasteiger partial charge on any atom is 0.416 e. The number of halogens is 9. The van der Waals surface area contributed by atoms with Gasteiger partial charge in [0.25, 0.3) is 0 Å². The highest BCUT2D eigenvalue weighted by atomic mass is 19.4. The normalized spacial score (nSPS) is 19.8. The number of alkyl halides is 9. The Labute approximate surface area is 281 Å². The van der Waals surface area contributed by atoms with E-state index in [0.29, 0.717) is 18.6 Å². The van der Waals surface area contributed by atoms with Gasteiger partial charge in [-0.3, -0.25) is 20.1 Å². The molecule has 0 saturated carbocycles. The van der Waals surface area contributed by atoms with Crippen LogP contribution in [-0.2, 0) is 39.3 Å². The maximum atomic E-state index is 13.9. The number of hydrogen-bond donors (Lipinski definition) is 2. The van der Waals surface area contributed by atoms with Gasteiger partial charge in [0.2, 0.25) is 5.96 Å². The van der Waals surface area contributed by atoms with Crippen molar-refractivity contribution in [1.29, 1.82) is 0 Å². The van der Waals surface area contributed by atoms with Crippen LogP contribution in [0.2, 0.25) is 0 Å². The Balaban J connectivity index is 1.87. The summed E-state index contributed by atoms with van der Waals surface area (Å²) in [6, 6.07) is 2.07. The van der Waals surface area contributed by atoms with E-state index in [4.69, 9.17) is 9.47 Å². The summed E-state index contributed by atoms with van der Waals surface area (Å²) in [5, 5.41) is 2.31. The average Bonchev–Trinajstić information content (AvgIpc) is 3.37. The van der Waals surface area contributed by atoms with Gasteiger partial charge in [-0.1, -0.05) is 6.92 Å². The molecule has 1 fully saturated rings. The first-order chi connectivity index (χ1) is 23.1. The van der Waals surface area contributed by atoms with Gasteiger partial charge in [-0.05, 0) is 75.6 Å². The lowest BCUT2D eigenvalue weighted by atomic mass is 9.89. The van der Waals surface area contributed by atoms with Crippen LogP contribution in [-0.4, -0.2) is 54.5 Å². The predicted octanol–water partition coefficient (Wildman–Crippen LogP) is 7.23. The van der Waals surface area contributed by atoms with E-state index < -0.39 is 76.9 Å². The van der Waals surface area contributed by atoms with Crippen molar-refractivity contribution in [3.05, 3.63) is 64.2 Å². The first kappa shape index (κ1) is 38.5. The van der Waals surface area contributed by atoms with Crippen molar-refractivity contribution in [2.45, 2.75) is 77.7 Å². The standard InChI is InChI=1S/C31H35F9N6O4/c1-6-21-14-23(22-13-18(29(32,33)34)8-9-24(22)46(21)27(48)50-7-2)41-26-42-43-45(16-28(3,4)25(47)49-5)44(26)15-17-10-19(30(35,36)37)12-20(11-17)31(38,39)40/h8-13,21,23,43H,6-7,14-16H2,1-5H3,(H,41,42)/t21-,23+/m1/s1. The van der Waals surface area contributed by atoms with Gasteiger partial charge < -0.3 is 9.47 Å². The molecule has 0 aromatic heterocycles. The molecule has 2 aromatic rings. The Morgan fingerprint density at radius 2 is 1.50 bits per heavy atom. The number of esters is 1. The number of carbonyl (C=O) groups is 2. The van der Waals surface area contributed by atoms with Crippen molar-refractivity contribution in [2.24, 2.45) is 10.4 Å². The van der Waals surface area contributed by atoms with Crippen LogP contribution in [0, 0.1) is 5.41 Å². The molecule has 19 heteroatoms. The molecule has 1 amide bonds. The Morgan fingerprint density at radius 1 is 0.900 bits per heavy atom. The Morgan fingerprint density at radius 3 is 2.02 bits per heavy atom. The average molecular weight is 727 g/mol. The molecule has 2 heterocycles. The van der Waals surface area contributed by atoms with Crippen LogP contribution < -0.4 is 15.9 Å². The number of methoxy groups -OCH3 is 1. The van der Waals surface area contributed by atoms with Gasteiger partial charge in [0.1, 0.15) is 0 Å². The van der Waals surface area contributed by atoms with Crippen molar-refractivity contribution in [3.63, 3.8) is 0 Å². The number of aliphatic imine (C=N–C) groups is 1. The van der Waals surface area contributed by atoms with Gasteiger partial charge in [0.15, 0.2) is 0 Å². The van der Waals surface area contributed by atoms with Crippen molar-refractivity contribution in [2.75, 3.05) is 25.2 Å². The van der Waals surface area contributed by atoms with Gasteiger partial charge in [0.05, 0.1) is 60.6 Å². The summed E-state index contributed by atoms with van der Waals surface area (Å²) in [4.78, 5) is 31.4. The second-order valence-electron chi connectivity index (χ2n) is 12.2. The molecule has 276 valence electrons. The van der Waals surface area contributed by atoms with Crippen molar-refractivity contribution in [1.82, 2.24) is 21.1 Å². The third-order valence-electron chi connectivity index (χ3n) is 8.14. The quantitative estimate of drug-likeness (QED) is 0.218. The number of amides is 1. The van der Waals surface area contributed by atoms with Gasteiger partial charge in [-0.25, -0.2) is 9.79 Å². The minimum Gasteiger partial charge on any atom is -0.469 e. The summed E-state index contributed by atoms with van der Waals surface area (Å²) in [6.45, 7) is 5.31. The Bertz CT molecular complexity index is 1580. The van der Waals surface area contributed by atoms with E-state index in [2.05, 4.69) is 16.0 Å². The molecular formula is C31H35F9N6O4. The zero-order chi connectivity index (χ0) is 37.4. The van der Waals surface area contributed by atoms with Crippen molar-refractivity contribution >= 4 is 23.7 Å². The van der Waals surface area contributed by atoms with Crippen LogP contribution in [0.25, 0.3) is 0 Å². The fraction of sp³-hybridized carbons (Fsp3) is 0.516. The zero-order valence-corrected chi connectivity index (χ0v) is 27.5. The molecule has 0 unspecified atom stereocenters. The number of nitrogens with one attached hydrogen (secondary N) is 2. The van der Waals surface area contributed by atoms with Gasteiger partial charge in [-0.2, -0.15) is 39.5 Å². The van der Waals surface area contributed by atoms with Crippen molar-refractivity contribution in [3.8, 4) is 0 Å². The Kier molecular flexibility index (Phi) is 10.9. The molecule has 10 nitrogen and oxygen atoms in total. The van der Waals surface area contributed by atoms with E-state index in [1.807, 2.05) is 0 Å². The molecule has 0 radical (unpaired) electrons. The molecular weight excluding hydrogens is 691 g/mol. The topological polar surface area (TPSA) is 98.7 Å². The van der Waals surface area contributed by atoms with Crippen molar-refractivity contribution < 1.29 is 58.6 Å². The van der Waals surface area contributed by atoms with E-state index in [1.165, 1.54) is 23.9 Å². The third kappa shape index (κ3) is 8.36. The Hall–Kier alpha value is -4.26. The summed E-state index contributed by atoms with van der Waals surface area (Å²) in [6.07, 6.45) is -15.6. The summed E-state index contributed by atoms with van der Waals surface area (Å²) in [5.41, 5.74) is -0.494. The van der Waals surface area contributed by atoms with Crippen LogP contribution in [0.3, 0.4) is 0 Å². The number of carbonyl (C=O) groups excluding carboxylic acids is 2. The number of ether oxygens (including phenoxy) is 2. The zero-order valence-electron chi connectivity index (χ0n) is 27.5. The van der Waals surface area contributed by atoms with Gasteiger partial charge in [0, 0.05) is 11.6 Å². The summed E-state index contributed by atoms with van der Waals surface area (Å²) >= 11 is 0. The summed E-state index contributed by atoms with van der Waals surface area (Å²) in [7, 11) is 1.13. The monoisotopic (exact) mass is 726 g/mol. The second-order valence-corrected chi connectivity index (χ2v) is 12.2. The lowest BCUT2D eigenvalue weighted by Crippen LogP contribution is -2.50. The summed E-state index contributed by atoms with van der Waals surface area (Å²) < 4.78 is 134. The molecule has 0 aliphatic carbocycles. The second kappa shape index (κ2) is 14.2. The highest BCUT2D eigenvalue weighted by Crippen LogP contribution is 2.44. The summed E-state index contributed by atoms with van der Waals surface area (Å²) in [5.74, 6) is -0.904. The molecule has 2 aromatic carbocycles. The predicted molar refractivity (Wildman–Crippen MR) is 161 cm³/mol. The first-order valence-corrected chi connectivity index (χ1v) is 15.3. The minimum atomic E-state index is -5.14. The molecule has 0 bridgehead atoms. The van der Waals surface area contributed by atoms with E-state index in [1.54, 1.807) is 13.8 Å². The molecule has 2 N–H and O–H groups in total. The fourth-order valence-electron chi connectivity index (χ4n) is 5.70. The molecule has 1 saturated heterocycles. The SMILES string of the molecule is CCOC(=O)N1c2ccc(C(F)(F)F)cc2[C@@H](N=C2NNN(CC(C)(C)C(=O)OC)N2Cc2cc(C(F)(F)F)cc(C(F)(F)F)c2)C[C@H]1CC. The number of hydrazine groups is 3. The molecule has 2 aliphatic heterocycles. The molecule has 50 heavy (non-hydrogen) atoms. The van der Waals surface area contributed by atoms with Gasteiger partial charge in [-0.15, -0.1) is 10.7 Å².